The highest BCUT2D eigenvalue weighted by Gasteiger charge is 2.37. The van der Waals surface area contributed by atoms with Crippen LogP contribution in [0.25, 0.3) is 5.65 Å². The summed E-state index contributed by atoms with van der Waals surface area (Å²) in [6.45, 7) is 5.66. The zero-order chi connectivity index (χ0) is 27.1. The van der Waals surface area contributed by atoms with Crippen molar-refractivity contribution in [2.24, 2.45) is 0 Å². The van der Waals surface area contributed by atoms with Crippen LogP contribution in [0.5, 0.6) is 0 Å². The average molecular weight is 524 g/mol. The topological polar surface area (TPSA) is 125 Å². The first kappa shape index (κ1) is 24.6. The minimum absolute atomic E-state index is 0.0326. The summed E-state index contributed by atoms with van der Waals surface area (Å²) in [6, 6.07) is 14.3. The molecule has 1 aliphatic carbocycles. The molecule has 6 rings (SSSR count). The fourth-order valence-corrected chi connectivity index (χ4v) is 5.09. The van der Waals surface area contributed by atoms with Gasteiger partial charge in [-0.2, -0.15) is 4.98 Å². The summed E-state index contributed by atoms with van der Waals surface area (Å²) in [5, 5.41) is 20.2. The van der Waals surface area contributed by atoms with E-state index in [0.29, 0.717) is 35.2 Å². The summed E-state index contributed by atoms with van der Waals surface area (Å²) < 4.78 is 1.66. The van der Waals surface area contributed by atoms with Gasteiger partial charge in [0.2, 0.25) is 5.95 Å². The van der Waals surface area contributed by atoms with Gasteiger partial charge in [0, 0.05) is 48.2 Å². The number of anilines is 3. The Morgan fingerprint density at radius 1 is 1.08 bits per heavy atom. The third kappa shape index (κ3) is 4.81. The highest BCUT2D eigenvalue weighted by atomic mass is 16.4. The molecule has 0 saturated carbocycles. The lowest BCUT2D eigenvalue weighted by molar-refractivity contribution is 0.0696. The summed E-state index contributed by atoms with van der Waals surface area (Å²) in [7, 11) is 0. The molecule has 0 bridgehead atoms. The minimum Gasteiger partial charge on any atom is -0.478 e. The van der Waals surface area contributed by atoms with Crippen LogP contribution in [0.1, 0.15) is 53.0 Å². The van der Waals surface area contributed by atoms with E-state index in [1.807, 2.05) is 24.3 Å². The van der Waals surface area contributed by atoms with Gasteiger partial charge in [0.1, 0.15) is 0 Å². The number of benzene rings is 2. The normalized spacial score (nSPS) is 20.4. The lowest BCUT2D eigenvalue weighted by Crippen LogP contribution is -2.48. The van der Waals surface area contributed by atoms with Crippen molar-refractivity contribution in [2.45, 2.75) is 38.1 Å². The van der Waals surface area contributed by atoms with Gasteiger partial charge < -0.3 is 20.6 Å². The molecule has 10 heteroatoms. The Kier molecular flexibility index (Phi) is 6.02. The van der Waals surface area contributed by atoms with Crippen molar-refractivity contribution in [3.8, 4) is 0 Å². The number of nitrogens with one attached hydrogen (secondary N) is 2. The Balaban J connectivity index is 1.16. The number of fused-ring (bicyclic) bond motifs is 1. The van der Waals surface area contributed by atoms with Crippen molar-refractivity contribution < 1.29 is 14.7 Å². The van der Waals surface area contributed by atoms with Crippen molar-refractivity contribution in [3.63, 3.8) is 0 Å². The maximum Gasteiger partial charge on any atom is 0.335 e. The van der Waals surface area contributed by atoms with Crippen LogP contribution in [0.4, 0.5) is 17.5 Å². The van der Waals surface area contributed by atoms with Gasteiger partial charge in [0.15, 0.2) is 11.5 Å². The molecule has 2 aliphatic rings. The molecule has 1 amide bonds. The summed E-state index contributed by atoms with van der Waals surface area (Å²) >= 11 is 0. The molecule has 1 fully saturated rings. The van der Waals surface area contributed by atoms with Crippen LogP contribution >= 0.6 is 0 Å². The number of aromatic nitrogens is 4. The molecule has 198 valence electrons. The lowest BCUT2D eigenvalue weighted by atomic mass is 9.92. The van der Waals surface area contributed by atoms with Crippen LogP contribution in [0.2, 0.25) is 0 Å². The van der Waals surface area contributed by atoms with Crippen LogP contribution in [0, 0.1) is 0 Å². The van der Waals surface area contributed by atoms with Crippen LogP contribution in [0.15, 0.2) is 72.6 Å². The summed E-state index contributed by atoms with van der Waals surface area (Å²) in [5.74, 6) is -0.0372. The molecule has 4 aromatic rings. The number of carbonyl (C=O) groups is 2. The Labute approximate surface area is 225 Å². The molecule has 0 radical (unpaired) electrons. The Morgan fingerprint density at radius 3 is 2.49 bits per heavy atom. The van der Waals surface area contributed by atoms with E-state index in [0.717, 1.165) is 19.4 Å². The number of piperidine rings is 1. The van der Waals surface area contributed by atoms with Gasteiger partial charge in [-0.1, -0.05) is 23.8 Å². The Hall–Kier alpha value is -4.73. The van der Waals surface area contributed by atoms with Gasteiger partial charge in [-0.05, 0) is 68.7 Å². The molecule has 0 spiro atoms. The zero-order valence-corrected chi connectivity index (χ0v) is 21.8. The van der Waals surface area contributed by atoms with E-state index in [2.05, 4.69) is 45.5 Å². The van der Waals surface area contributed by atoms with Crippen molar-refractivity contribution in [1.82, 2.24) is 24.9 Å². The van der Waals surface area contributed by atoms with Gasteiger partial charge in [-0.3, -0.25) is 4.79 Å². The fraction of sp³-hybridized carbons (Fsp3) is 0.276. The van der Waals surface area contributed by atoms with E-state index in [1.54, 1.807) is 29.0 Å². The number of rotatable bonds is 7. The van der Waals surface area contributed by atoms with Gasteiger partial charge >= 0.3 is 5.97 Å². The number of hydrogen-bond donors (Lipinski definition) is 3. The summed E-state index contributed by atoms with van der Waals surface area (Å²) in [6.07, 6.45) is 7.40. The molecule has 1 unspecified atom stereocenters. The first-order chi connectivity index (χ1) is 18.8. The van der Waals surface area contributed by atoms with Crippen LogP contribution in [-0.4, -0.2) is 55.7 Å². The zero-order valence-electron chi connectivity index (χ0n) is 21.8. The van der Waals surface area contributed by atoms with Crippen molar-refractivity contribution >= 4 is 35.0 Å². The van der Waals surface area contributed by atoms with Crippen LogP contribution < -0.4 is 15.5 Å². The standard InChI is InChI=1S/C29H29N7O3/c1-18-16-29(18,2)21-9-5-19(6-10-21)26(37)32-23-4-3-14-35(17-23)28-33-24(25-30-13-15-36(25)34-28)31-22-11-7-20(8-12-22)27(38)39/h5-13,15-16,23H,3-4,14,17H2,1-2H3,(H,32,37)(H,38,39)(H,31,33,34)/t23-,29?/m1/s1. The lowest BCUT2D eigenvalue weighted by Gasteiger charge is -2.33. The molecular formula is C29H29N7O3. The van der Waals surface area contributed by atoms with Crippen molar-refractivity contribution in [3.05, 3.63) is 89.3 Å². The van der Waals surface area contributed by atoms with Gasteiger partial charge in [-0.15, -0.1) is 5.10 Å². The molecule has 2 aromatic heterocycles. The second kappa shape index (κ2) is 9.54. The highest BCUT2D eigenvalue weighted by Crippen LogP contribution is 2.45. The Morgan fingerprint density at radius 2 is 1.79 bits per heavy atom. The van der Waals surface area contributed by atoms with Crippen LogP contribution in [0.3, 0.4) is 0 Å². The van der Waals surface area contributed by atoms with Gasteiger partial charge in [0.05, 0.1) is 5.56 Å². The number of carboxylic acid groups (broad SMARTS) is 1. The second-order valence-electron chi connectivity index (χ2n) is 10.3. The average Bonchev–Trinajstić information content (AvgIpc) is 3.31. The van der Waals surface area contributed by atoms with Gasteiger partial charge in [0.25, 0.3) is 5.91 Å². The summed E-state index contributed by atoms with van der Waals surface area (Å²) in [5.41, 5.74) is 4.68. The molecule has 1 saturated heterocycles. The molecule has 2 atom stereocenters. The number of nitrogens with zero attached hydrogens (tertiary/aromatic N) is 5. The van der Waals surface area contributed by atoms with E-state index < -0.39 is 5.97 Å². The second-order valence-corrected chi connectivity index (χ2v) is 10.3. The van der Waals surface area contributed by atoms with Crippen LogP contribution in [-0.2, 0) is 5.41 Å². The maximum atomic E-state index is 13.0. The first-order valence-corrected chi connectivity index (χ1v) is 13.0. The number of carbonyl (C=O) groups excluding carboxylic acids is 1. The van der Waals surface area contributed by atoms with E-state index >= 15 is 0 Å². The van der Waals surface area contributed by atoms with E-state index in [9.17, 15) is 9.59 Å². The first-order valence-electron chi connectivity index (χ1n) is 13.0. The van der Waals surface area contributed by atoms with E-state index in [1.165, 1.54) is 23.3 Å². The predicted octanol–water partition coefficient (Wildman–Crippen LogP) is 4.18. The van der Waals surface area contributed by atoms with Crippen molar-refractivity contribution in [2.75, 3.05) is 23.3 Å². The van der Waals surface area contributed by atoms with Gasteiger partial charge in [-0.25, -0.2) is 14.3 Å². The largest absolute Gasteiger partial charge is 0.478 e. The minimum atomic E-state index is -0.981. The smallest absolute Gasteiger partial charge is 0.335 e. The third-order valence-electron chi connectivity index (χ3n) is 7.66. The number of imidazole rings is 1. The quantitative estimate of drug-likeness (QED) is 0.308. The van der Waals surface area contributed by atoms with E-state index in [-0.39, 0.29) is 22.9 Å². The molecular weight excluding hydrogens is 494 g/mol. The fourth-order valence-electron chi connectivity index (χ4n) is 5.09. The molecule has 3 N–H and O–H groups in total. The molecule has 10 nitrogen and oxygen atoms in total. The number of carboxylic acids is 1. The number of hydrogen-bond acceptors (Lipinski definition) is 7. The maximum absolute atomic E-state index is 13.0. The third-order valence-corrected chi connectivity index (χ3v) is 7.66. The molecule has 39 heavy (non-hydrogen) atoms. The summed E-state index contributed by atoms with van der Waals surface area (Å²) in [4.78, 5) is 35.4. The molecule has 1 aliphatic heterocycles. The highest BCUT2D eigenvalue weighted by molar-refractivity contribution is 5.94. The Bertz CT molecular complexity index is 1590. The van der Waals surface area contributed by atoms with E-state index in [4.69, 9.17) is 10.1 Å². The number of amides is 1. The molecule has 2 aromatic carbocycles. The monoisotopic (exact) mass is 523 g/mol. The predicted molar refractivity (Wildman–Crippen MR) is 148 cm³/mol. The molecule has 3 heterocycles. The van der Waals surface area contributed by atoms with Crippen molar-refractivity contribution in [1.29, 1.82) is 0 Å². The number of allylic oxidation sites excluding steroid dienone is 2. The number of aromatic carboxylic acids is 1. The SMILES string of the molecule is CC1=CC1(C)c1ccc(C(=O)N[C@@H]2CCCN(c3nc(Nc4ccc(C(=O)O)cc4)c4nccn4n3)C2)cc1.